The van der Waals surface area contributed by atoms with Gasteiger partial charge in [-0.25, -0.2) is 8.42 Å². The van der Waals surface area contributed by atoms with E-state index in [1.165, 1.54) is 17.0 Å². The summed E-state index contributed by atoms with van der Waals surface area (Å²) in [5.74, 6) is -0.886. The van der Waals surface area contributed by atoms with Gasteiger partial charge in [0.2, 0.25) is 11.8 Å². The van der Waals surface area contributed by atoms with Gasteiger partial charge in [0.25, 0.3) is 10.0 Å². The van der Waals surface area contributed by atoms with Crippen LogP contribution in [0.25, 0.3) is 0 Å². The molecule has 3 rings (SSSR count). The van der Waals surface area contributed by atoms with Crippen molar-refractivity contribution in [2.24, 2.45) is 0 Å². The van der Waals surface area contributed by atoms with E-state index in [0.717, 1.165) is 16.3 Å². The topological polar surface area (TPSA) is 86.8 Å². The van der Waals surface area contributed by atoms with Crippen LogP contribution in [-0.2, 0) is 26.2 Å². The number of aryl methyl sites for hydroxylation is 2. The quantitative estimate of drug-likeness (QED) is 0.285. The molecule has 0 unspecified atom stereocenters. The zero-order valence-electron chi connectivity index (χ0n) is 23.3. The Labute approximate surface area is 247 Å². The number of hydrogen-bond acceptors (Lipinski definition) is 4. The van der Waals surface area contributed by atoms with Crippen molar-refractivity contribution in [3.05, 3.63) is 93.5 Å². The maximum absolute atomic E-state index is 14.0. The molecule has 7 nitrogen and oxygen atoms in total. The Bertz CT molecular complexity index is 1460. The Morgan fingerprint density at radius 2 is 1.57 bits per heavy atom. The van der Waals surface area contributed by atoms with Crippen LogP contribution < -0.4 is 9.62 Å². The van der Waals surface area contributed by atoms with Crippen LogP contribution in [0.5, 0.6) is 0 Å². The third kappa shape index (κ3) is 7.56. The Morgan fingerprint density at radius 3 is 2.17 bits per heavy atom. The number of benzene rings is 3. The van der Waals surface area contributed by atoms with Crippen molar-refractivity contribution in [1.82, 2.24) is 10.2 Å². The van der Waals surface area contributed by atoms with E-state index < -0.39 is 28.5 Å². The molecule has 3 aromatic rings. The van der Waals surface area contributed by atoms with Gasteiger partial charge in [-0.3, -0.25) is 13.9 Å². The summed E-state index contributed by atoms with van der Waals surface area (Å²) >= 11 is 12.3. The Hall–Kier alpha value is -3.07. The molecule has 0 aliphatic heterocycles. The zero-order chi connectivity index (χ0) is 29.6. The van der Waals surface area contributed by atoms with Crippen LogP contribution in [-0.4, -0.2) is 43.8 Å². The van der Waals surface area contributed by atoms with Crippen LogP contribution in [0.4, 0.5) is 5.69 Å². The molecule has 0 heterocycles. The second-order valence-corrected chi connectivity index (χ2v) is 12.6. The first-order valence-corrected chi connectivity index (χ1v) is 15.2. The van der Waals surface area contributed by atoms with Gasteiger partial charge < -0.3 is 10.2 Å². The lowest BCUT2D eigenvalue weighted by molar-refractivity contribution is -0.139. The Morgan fingerprint density at radius 1 is 0.925 bits per heavy atom. The summed E-state index contributed by atoms with van der Waals surface area (Å²) in [7, 11) is -4.13. The summed E-state index contributed by atoms with van der Waals surface area (Å²) < 4.78 is 29.0. The van der Waals surface area contributed by atoms with Crippen LogP contribution in [0.3, 0.4) is 0 Å². The third-order valence-electron chi connectivity index (χ3n) is 6.78. The number of nitrogens with one attached hydrogen (secondary N) is 1. The molecule has 0 fully saturated rings. The minimum absolute atomic E-state index is 0.0248. The number of rotatable bonds is 11. The summed E-state index contributed by atoms with van der Waals surface area (Å²) in [5, 5.41) is 3.59. The Balaban J connectivity index is 2.05. The van der Waals surface area contributed by atoms with Crippen molar-refractivity contribution in [2.45, 2.75) is 64.6 Å². The molecule has 40 heavy (non-hydrogen) atoms. The van der Waals surface area contributed by atoms with Crippen molar-refractivity contribution in [2.75, 3.05) is 10.8 Å². The maximum Gasteiger partial charge on any atom is 0.264 e. The van der Waals surface area contributed by atoms with Crippen molar-refractivity contribution >= 4 is 50.7 Å². The molecular formula is C30H35Cl2N3O4S. The molecule has 0 spiro atoms. The number of sulfonamides is 1. The number of nitrogens with zero attached hydrogens (tertiary/aromatic N) is 2. The van der Waals surface area contributed by atoms with Crippen LogP contribution in [0, 0.1) is 13.8 Å². The summed E-state index contributed by atoms with van der Waals surface area (Å²) in [6.45, 7) is 8.62. The van der Waals surface area contributed by atoms with E-state index in [0.29, 0.717) is 26.9 Å². The van der Waals surface area contributed by atoms with Crippen molar-refractivity contribution < 1.29 is 18.0 Å². The van der Waals surface area contributed by atoms with Crippen LogP contribution in [0.15, 0.2) is 71.6 Å². The molecule has 0 saturated carbocycles. The van der Waals surface area contributed by atoms with Gasteiger partial charge in [-0.1, -0.05) is 72.1 Å². The molecule has 0 saturated heterocycles. The highest BCUT2D eigenvalue weighted by Gasteiger charge is 2.33. The van der Waals surface area contributed by atoms with Gasteiger partial charge in [-0.2, -0.15) is 0 Å². The maximum atomic E-state index is 14.0. The second-order valence-electron chi connectivity index (χ2n) is 9.88. The fourth-order valence-electron chi connectivity index (χ4n) is 4.08. The van der Waals surface area contributed by atoms with E-state index in [2.05, 4.69) is 5.32 Å². The summed E-state index contributed by atoms with van der Waals surface area (Å²) in [6.07, 6.45) is 0.717. The largest absolute Gasteiger partial charge is 0.352 e. The first-order chi connectivity index (χ1) is 18.8. The highest BCUT2D eigenvalue weighted by atomic mass is 35.5. The monoisotopic (exact) mass is 603 g/mol. The molecule has 0 radical (unpaired) electrons. The van der Waals surface area contributed by atoms with Crippen LogP contribution in [0.1, 0.15) is 43.9 Å². The fraction of sp³-hybridized carbons (Fsp3) is 0.333. The number of carbonyl (C=O) groups is 2. The molecule has 0 aliphatic rings. The molecule has 3 aromatic carbocycles. The van der Waals surface area contributed by atoms with Gasteiger partial charge in [0.15, 0.2) is 0 Å². The van der Waals surface area contributed by atoms with Gasteiger partial charge in [0, 0.05) is 12.6 Å². The molecule has 0 bridgehead atoms. The van der Waals surface area contributed by atoms with Crippen LogP contribution in [0.2, 0.25) is 10.0 Å². The average molecular weight is 605 g/mol. The molecule has 2 amide bonds. The van der Waals surface area contributed by atoms with Gasteiger partial charge in [-0.05, 0) is 75.6 Å². The van der Waals surface area contributed by atoms with Gasteiger partial charge in [0.05, 0.1) is 20.6 Å². The molecule has 214 valence electrons. The SMILES string of the molecule is CC[C@H](C)NC(=O)[C@H](C)N(Cc1ccc(Cl)c(Cl)c1)C(=O)CN(c1ccccc1C)S(=O)(=O)c1ccc(C)cc1. The number of halogens is 2. The molecule has 0 aliphatic carbocycles. The van der Waals surface area contributed by atoms with Gasteiger partial charge in [0.1, 0.15) is 12.6 Å². The lowest BCUT2D eigenvalue weighted by atomic mass is 10.1. The predicted octanol–water partition coefficient (Wildman–Crippen LogP) is 6.14. The first kappa shape index (κ1) is 31.5. The zero-order valence-corrected chi connectivity index (χ0v) is 25.6. The van der Waals surface area contributed by atoms with Gasteiger partial charge in [-0.15, -0.1) is 0 Å². The van der Waals surface area contributed by atoms with E-state index in [4.69, 9.17) is 23.2 Å². The van der Waals surface area contributed by atoms with Crippen molar-refractivity contribution in [1.29, 1.82) is 0 Å². The molecular weight excluding hydrogens is 569 g/mol. The number of anilines is 1. The third-order valence-corrected chi connectivity index (χ3v) is 9.29. The van der Waals surface area contributed by atoms with Gasteiger partial charge >= 0.3 is 0 Å². The minimum atomic E-state index is -4.13. The van der Waals surface area contributed by atoms with Crippen molar-refractivity contribution in [3.63, 3.8) is 0 Å². The first-order valence-electron chi connectivity index (χ1n) is 13.0. The number of para-hydroxylation sites is 1. The normalized spacial score (nSPS) is 12.9. The Kier molecular flexibility index (Phi) is 10.6. The lowest BCUT2D eigenvalue weighted by Crippen LogP contribution is -2.52. The summed E-state index contributed by atoms with van der Waals surface area (Å²) in [4.78, 5) is 28.6. The van der Waals surface area contributed by atoms with Crippen molar-refractivity contribution in [3.8, 4) is 0 Å². The highest BCUT2D eigenvalue weighted by molar-refractivity contribution is 7.92. The summed E-state index contributed by atoms with van der Waals surface area (Å²) in [5.41, 5.74) is 2.62. The fourth-order valence-corrected chi connectivity index (χ4v) is 5.88. The number of carbonyl (C=O) groups excluding carboxylic acids is 2. The molecule has 0 aromatic heterocycles. The average Bonchev–Trinajstić information content (AvgIpc) is 2.92. The molecule has 1 N–H and O–H groups in total. The highest BCUT2D eigenvalue weighted by Crippen LogP contribution is 2.28. The lowest BCUT2D eigenvalue weighted by Gasteiger charge is -2.33. The number of amides is 2. The predicted molar refractivity (Wildman–Crippen MR) is 161 cm³/mol. The number of hydrogen-bond donors (Lipinski definition) is 1. The standard InChI is InChI=1S/C30H35Cl2N3O4S/c1-6-22(4)33-30(37)23(5)34(18-24-13-16-26(31)27(32)17-24)29(36)19-35(28-10-8-7-9-21(28)3)40(38,39)25-14-11-20(2)12-15-25/h7-17,22-23H,6,18-19H2,1-5H3,(H,33,37)/t22-,23-/m0/s1. The van der Waals surface area contributed by atoms with E-state index in [1.54, 1.807) is 68.4 Å². The van der Waals surface area contributed by atoms with E-state index in [1.807, 2.05) is 20.8 Å². The molecule has 2 atom stereocenters. The van der Waals surface area contributed by atoms with Crippen LogP contribution >= 0.6 is 23.2 Å². The summed E-state index contributed by atoms with van der Waals surface area (Å²) in [6, 6.07) is 17.4. The van der Waals surface area contributed by atoms with E-state index in [-0.39, 0.29) is 23.4 Å². The smallest absolute Gasteiger partial charge is 0.264 e. The van der Waals surface area contributed by atoms with E-state index >= 15 is 0 Å². The minimum Gasteiger partial charge on any atom is -0.352 e. The second kappa shape index (κ2) is 13.5. The molecule has 10 heteroatoms. The van der Waals surface area contributed by atoms with E-state index in [9.17, 15) is 18.0 Å².